The quantitative estimate of drug-likeness (QED) is 0.639. The summed E-state index contributed by atoms with van der Waals surface area (Å²) >= 11 is 1.18. The van der Waals surface area contributed by atoms with Gasteiger partial charge in [0.25, 0.3) is 5.56 Å². The van der Waals surface area contributed by atoms with E-state index in [0.29, 0.717) is 27.8 Å². The smallest absolute Gasteiger partial charge is 0.332 e. The lowest BCUT2D eigenvalue weighted by Crippen LogP contribution is -2.37. The van der Waals surface area contributed by atoms with Crippen molar-refractivity contribution in [1.82, 2.24) is 18.7 Å². The van der Waals surface area contributed by atoms with Crippen LogP contribution in [0.2, 0.25) is 0 Å². The van der Waals surface area contributed by atoms with Crippen LogP contribution in [-0.4, -0.2) is 37.5 Å². The zero-order chi connectivity index (χ0) is 20.6. The van der Waals surface area contributed by atoms with Gasteiger partial charge in [-0.25, -0.2) is 9.78 Å². The first kappa shape index (κ1) is 19.7. The third-order valence-corrected chi connectivity index (χ3v) is 5.43. The SMILES string of the molecule is COc1ccc(C)cc1NC(=O)CSc1nc2c(c(=O)n(C)c(=O)n2C)n1C. The van der Waals surface area contributed by atoms with Gasteiger partial charge in [-0.2, -0.15) is 0 Å². The van der Waals surface area contributed by atoms with Crippen LogP contribution in [-0.2, 0) is 25.9 Å². The number of anilines is 1. The first-order valence-corrected chi connectivity index (χ1v) is 9.43. The molecule has 2 aromatic heterocycles. The molecule has 0 atom stereocenters. The van der Waals surface area contributed by atoms with E-state index in [4.69, 9.17) is 4.74 Å². The van der Waals surface area contributed by atoms with Crippen LogP contribution >= 0.6 is 11.8 Å². The highest BCUT2D eigenvalue weighted by molar-refractivity contribution is 7.99. The van der Waals surface area contributed by atoms with E-state index in [0.717, 1.165) is 10.1 Å². The van der Waals surface area contributed by atoms with Gasteiger partial charge in [-0.15, -0.1) is 0 Å². The maximum Gasteiger partial charge on any atom is 0.332 e. The van der Waals surface area contributed by atoms with Gasteiger partial charge in [-0.3, -0.25) is 18.7 Å². The molecule has 0 aliphatic heterocycles. The van der Waals surface area contributed by atoms with Gasteiger partial charge in [0, 0.05) is 21.1 Å². The van der Waals surface area contributed by atoms with Gasteiger partial charge in [-0.1, -0.05) is 17.8 Å². The van der Waals surface area contributed by atoms with Gasteiger partial charge in [0.15, 0.2) is 16.3 Å². The molecule has 10 heteroatoms. The van der Waals surface area contributed by atoms with Crippen LogP contribution in [0, 0.1) is 6.92 Å². The van der Waals surface area contributed by atoms with E-state index in [1.807, 2.05) is 19.1 Å². The molecule has 0 aliphatic carbocycles. The van der Waals surface area contributed by atoms with Crippen molar-refractivity contribution in [3.8, 4) is 5.75 Å². The number of benzene rings is 1. The topological polar surface area (TPSA) is 100 Å². The van der Waals surface area contributed by atoms with Crippen molar-refractivity contribution in [2.75, 3.05) is 18.2 Å². The predicted octanol–water partition coefficient (Wildman–Crippen LogP) is 1.02. The molecule has 1 N–H and O–H groups in total. The van der Waals surface area contributed by atoms with Gasteiger partial charge >= 0.3 is 5.69 Å². The maximum absolute atomic E-state index is 12.4. The van der Waals surface area contributed by atoms with Crippen LogP contribution in [0.5, 0.6) is 5.75 Å². The fourth-order valence-corrected chi connectivity index (χ4v) is 3.63. The number of nitrogens with one attached hydrogen (secondary N) is 1. The number of amides is 1. The molecule has 2 heterocycles. The number of imidazole rings is 1. The van der Waals surface area contributed by atoms with Crippen molar-refractivity contribution < 1.29 is 9.53 Å². The van der Waals surface area contributed by atoms with Crippen LogP contribution in [0.3, 0.4) is 0 Å². The number of carbonyl (C=O) groups is 1. The number of hydrogen-bond acceptors (Lipinski definition) is 6. The standard InChI is InChI=1S/C18H21N5O4S/c1-10-6-7-12(27-5)11(8-10)19-13(24)9-28-17-20-15-14(21(17)2)16(25)23(4)18(26)22(15)3/h6-8H,9H2,1-5H3,(H,19,24). The van der Waals surface area contributed by atoms with Crippen LogP contribution in [0.4, 0.5) is 5.69 Å². The van der Waals surface area contributed by atoms with Crippen LogP contribution in [0.1, 0.15) is 5.56 Å². The van der Waals surface area contributed by atoms with Gasteiger partial charge in [0.05, 0.1) is 18.6 Å². The summed E-state index contributed by atoms with van der Waals surface area (Å²) in [6, 6.07) is 5.52. The minimum absolute atomic E-state index is 0.0858. The van der Waals surface area contributed by atoms with Gasteiger partial charge in [0.1, 0.15) is 5.75 Å². The van der Waals surface area contributed by atoms with Crippen molar-refractivity contribution in [2.24, 2.45) is 21.1 Å². The molecule has 28 heavy (non-hydrogen) atoms. The predicted molar refractivity (Wildman–Crippen MR) is 108 cm³/mol. The first-order valence-electron chi connectivity index (χ1n) is 8.44. The number of aromatic nitrogens is 4. The van der Waals surface area contributed by atoms with E-state index in [1.165, 1.54) is 23.4 Å². The lowest BCUT2D eigenvalue weighted by Gasteiger charge is -2.10. The van der Waals surface area contributed by atoms with Gasteiger partial charge in [-0.05, 0) is 24.6 Å². The van der Waals surface area contributed by atoms with Crippen molar-refractivity contribution >= 4 is 34.5 Å². The number of ether oxygens (including phenoxy) is 1. The molecule has 0 fully saturated rings. The fraction of sp³-hybridized carbons (Fsp3) is 0.333. The second-order valence-corrected chi connectivity index (χ2v) is 7.31. The minimum atomic E-state index is -0.448. The molecule has 0 bridgehead atoms. The van der Waals surface area contributed by atoms with Crippen molar-refractivity contribution in [1.29, 1.82) is 0 Å². The molecule has 0 saturated heterocycles. The average Bonchev–Trinajstić information content (AvgIpc) is 3.00. The Morgan fingerprint density at radius 1 is 1.18 bits per heavy atom. The molecule has 0 aliphatic rings. The molecule has 9 nitrogen and oxygen atoms in total. The van der Waals surface area contributed by atoms with Gasteiger partial charge in [0.2, 0.25) is 5.91 Å². The highest BCUT2D eigenvalue weighted by Gasteiger charge is 2.18. The Hall–Kier alpha value is -3.01. The number of aryl methyl sites for hydroxylation is 3. The lowest BCUT2D eigenvalue weighted by atomic mass is 10.2. The average molecular weight is 403 g/mol. The Kier molecular flexibility index (Phi) is 5.32. The van der Waals surface area contributed by atoms with E-state index in [9.17, 15) is 14.4 Å². The Labute approximate surface area is 164 Å². The monoisotopic (exact) mass is 403 g/mol. The number of fused-ring (bicyclic) bond motifs is 1. The zero-order valence-corrected chi connectivity index (χ0v) is 17.1. The third-order valence-electron chi connectivity index (χ3n) is 4.40. The Morgan fingerprint density at radius 3 is 2.57 bits per heavy atom. The molecule has 0 spiro atoms. The number of methoxy groups -OCH3 is 1. The largest absolute Gasteiger partial charge is 0.495 e. The summed E-state index contributed by atoms with van der Waals surface area (Å²) in [6.07, 6.45) is 0. The number of carbonyl (C=O) groups excluding carboxylic acids is 1. The maximum atomic E-state index is 12.4. The second-order valence-electron chi connectivity index (χ2n) is 6.37. The highest BCUT2D eigenvalue weighted by Crippen LogP contribution is 2.26. The highest BCUT2D eigenvalue weighted by atomic mass is 32.2. The van der Waals surface area contributed by atoms with Crippen molar-refractivity contribution in [2.45, 2.75) is 12.1 Å². The summed E-state index contributed by atoms with van der Waals surface area (Å²) < 4.78 is 9.22. The Morgan fingerprint density at radius 2 is 1.89 bits per heavy atom. The summed E-state index contributed by atoms with van der Waals surface area (Å²) in [5, 5.41) is 3.30. The molecular formula is C18H21N5O4S. The molecule has 0 radical (unpaired) electrons. The van der Waals surface area contributed by atoms with E-state index < -0.39 is 11.2 Å². The third kappa shape index (κ3) is 3.42. The summed E-state index contributed by atoms with van der Waals surface area (Å²) in [5.41, 5.74) is 1.32. The first-order chi connectivity index (χ1) is 13.2. The summed E-state index contributed by atoms with van der Waals surface area (Å²) in [7, 11) is 6.21. The van der Waals surface area contributed by atoms with Crippen molar-refractivity contribution in [3.63, 3.8) is 0 Å². The molecule has 0 saturated carbocycles. The van der Waals surface area contributed by atoms with Crippen LogP contribution in [0.25, 0.3) is 11.2 Å². The van der Waals surface area contributed by atoms with E-state index in [2.05, 4.69) is 10.3 Å². The van der Waals surface area contributed by atoms with E-state index in [-0.39, 0.29) is 11.7 Å². The minimum Gasteiger partial charge on any atom is -0.495 e. The lowest BCUT2D eigenvalue weighted by molar-refractivity contribution is -0.113. The summed E-state index contributed by atoms with van der Waals surface area (Å²) in [6.45, 7) is 1.92. The normalized spacial score (nSPS) is 11.0. The molecule has 148 valence electrons. The number of hydrogen-bond donors (Lipinski definition) is 1. The number of rotatable bonds is 5. The van der Waals surface area contributed by atoms with E-state index >= 15 is 0 Å². The summed E-state index contributed by atoms with van der Waals surface area (Å²) in [4.78, 5) is 41.2. The van der Waals surface area contributed by atoms with Crippen molar-refractivity contribution in [3.05, 3.63) is 44.6 Å². The summed E-state index contributed by atoms with van der Waals surface area (Å²) in [5.74, 6) is 0.427. The van der Waals surface area contributed by atoms with Gasteiger partial charge < -0.3 is 14.6 Å². The molecule has 0 unspecified atom stereocenters. The number of nitrogens with zero attached hydrogens (tertiary/aromatic N) is 4. The fourth-order valence-electron chi connectivity index (χ4n) is 2.86. The second kappa shape index (κ2) is 7.55. The van der Waals surface area contributed by atoms with E-state index in [1.54, 1.807) is 31.8 Å². The Bertz CT molecular complexity index is 1190. The number of thioether (sulfide) groups is 1. The molecule has 3 rings (SSSR count). The molecule has 3 aromatic rings. The van der Waals surface area contributed by atoms with Crippen LogP contribution < -0.4 is 21.3 Å². The Balaban J connectivity index is 1.84. The van der Waals surface area contributed by atoms with Crippen LogP contribution in [0.15, 0.2) is 32.9 Å². The zero-order valence-electron chi connectivity index (χ0n) is 16.3. The molecule has 1 amide bonds. The molecule has 1 aromatic carbocycles. The molecular weight excluding hydrogens is 382 g/mol.